The lowest BCUT2D eigenvalue weighted by molar-refractivity contribution is 0.0879. The molecular formula is C9H7N3O2. The number of carbonyl (C=O) groups excluding carboxylic acids is 2. The zero-order valence-corrected chi connectivity index (χ0v) is 7.15. The van der Waals surface area contributed by atoms with Gasteiger partial charge in [0, 0.05) is 0 Å². The van der Waals surface area contributed by atoms with E-state index in [1.807, 2.05) is 0 Å². The molecule has 1 aromatic carbocycles. The monoisotopic (exact) mass is 189 g/mol. The van der Waals surface area contributed by atoms with Gasteiger partial charge in [0.15, 0.2) is 6.19 Å². The van der Waals surface area contributed by atoms with Crippen LogP contribution < -0.4 is 11.1 Å². The van der Waals surface area contributed by atoms with Gasteiger partial charge in [-0.2, -0.15) is 5.26 Å². The fraction of sp³-hybridized carbons (Fsp3) is 0. The van der Waals surface area contributed by atoms with Crippen molar-refractivity contribution in [2.24, 2.45) is 5.73 Å². The van der Waals surface area contributed by atoms with Crippen LogP contribution in [-0.4, -0.2) is 11.8 Å². The number of benzene rings is 1. The lowest BCUT2D eigenvalue weighted by Gasteiger charge is -1.88. The summed E-state index contributed by atoms with van der Waals surface area (Å²) >= 11 is 0. The van der Waals surface area contributed by atoms with Crippen LogP contribution in [0.5, 0.6) is 0 Å². The van der Waals surface area contributed by atoms with Crippen LogP contribution in [0.1, 0.15) is 20.7 Å². The molecule has 0 saturated carbocycles. The van der Waals surface area contributed by atoms with Crippen LogP contribution >= 0.6 is 0 Å². The molecule has 2 rings (SSSR count). The molecule has 0 atom stereocenters. The Bertz CT molecular complexity index is 387. The normalized spacial score (nSPS) is 11.9. The number of carbonyl (C=O) groups is 2. The fourth-order valence-corrected chi connectivity index (χ4v) is 1.12. The number of nitrogens with two attached hydrogens (primary N) is 1. The lowest BCUT2D eigenvalue weighted by atomic mass is 10.1. The number of amides is 2. The molecule has 0 unspecified atom stereocenters. The van der Waals surface area contributed by atoms with Crippen molar-refractivity contribution in [3.8, 4) is 6.19 Å². The van der Waals surface area contributed by atoms with Crippen LogP contribution in [-0.2, 0) is 0 Å². The van der Waals surface area contributed by atoms with Crippen molar-refractivity contribution in [1.29, 1.82) is 5.26 Å². The first kappa shape index (κ1) is 9.74. The van der Waals surface area contributed by atoms with Gasteiger partial charge >= 0.3 is 0 Å². The number of imide groups is 1. The molecule has 3 N–H and O–H groups in total. The van der Waals surface area contributed by atoms with E-state index in [0.29, 0.717) is 11.1 Å². The second-order valence-corrected chi connectivity index (χ2v) is 2.46. The minimum Gasteiger partial charge on any atom is -0.337 e. The van der Waals surface area contributed by atoms with Gasteiger partial charge in [-0.25, -0.2) is 0 Å². The Labute approximate surface area is 80.1 Å². The fourth-order valence-electron chi connectivity index (χ4n) is 1.12. The lowest BCUT2D eigenvalue weighted by Crippen LogP contribution is -2.19. The molecule has 5 nitrogen and oxygen atoms in total. The molecule has 1 aromatic rings. The van der Waals surface area contributed by atoms with Crippen LogP contribution in [0.25, 0.3) is 0 Å². The Kier molecular flexibility index (Phi) is 2.82. The highest BCUT2D eigenvalue weighted by molar-refractivity contribution is 6.21. The van der Waals surface area contributed by atoms with E-state index in [1.54, 1.807) is 24.3 Å². The maximum absolute atomic E-state index is 10.9. The van der Waals surface area contributed by atoms with Crippen molar-refractivity contribution < 1.29 is 9.59 Å². The smallest absolute Gasteiger partial charge is 0.258 e. The number of hydrogen-bond donors (Lipinski definition) is 2. The Morgan fingerprint density at radius 2 is 1.50 bits per heavy atom. The highest BCUT2D eigenvalue weighted by Crippen LogP contribution is 2.13. The third kappa shape index (κ3) is 1.69. The summed E-state index contributed by atoms with van der Waals surface area (Å²) in [5, 5.41) is 9.30. The van der Waals surface area contributed by atoms with Crippen molar-refractivity contribution in [2.45, 2.75) is 0 Å². The molecule has 1 heterocycles. The first-order valence-corrected chi connectivity index (χ1v) is 3.75. The predicted octanol–water partition coefficient (Wildman–Crippen LogP) is -0.00362. The van der Waals surface area contributed by atoms with Gasteiger partial charge in [0.05, 0.1) is 11.1 Å². The Morgan fingerprint density at radius 1 is 1.14 bits per heavy atom. The summed E-state index contributed by atoms with van der Waals surface area (Å²) in [5.74, 6) is -0.601. The van der Waals surface area contributed by atoms with Gasteiger partial charge in [0.25, 0.3) is 11.8 Å². The highest BCUT2D eigenvalue weighted by atomic mass is 16.2. The second-order valence-electron chi connectivity index (χ2n) is 2.46. The summed E-state index contributed by atoms with van der Waals surface area (Å²) in [5.41, 5.74) is 5.09. The van der Waals surface area contributed by atoms with Crippen molar-refractivity contribution in [3.63, 3.8) is 0 Å². The van der Waals surface area contributed by atoms with E-state index in [-0.39, 0.29) is 11.8 Å². The highest BCUT2D eigenvalue weighted by Gasteiger charge is 2.25. The Morgan fingerprint density at radius 3 is 1.86 bits per heavy atom. The third-order valence-electron chi connectivity index (χ3n) is 1.64. The second kappa shape index (κ2) is 4.05. The number of nitriles is 1. The predicted molar refractivity (Wildman–Crippen MR) is 48.0 cm³/mol. The maximum Gasteiger partial charge on any atom is 0.258 e. The molecule has 0 saturated heterocycles. The van der Waals surface area contributed by atoms with Gasteiger partial charge in [-0.05, 0) is 12.1 Å². The first-order valence-electron chi connectivity index (χ1n) is 3.75. The van der Waals surface area contributed by atoms with E-state index in [2.05, 4.69) is 11.1 Å². The average molecular weight is 189 g/mol. The van der Waals surface area contributed by atoms with E-state index < -0.39 is 0 Å². The molecule has 0 radical (unpaired) electrons. The summed E-state index contributed by atoms with van der Waals surface area (Å²) in [4.78, 5) is 21.9. The molecular weight excluding hydrogens is 182 g/mol. The quantitative estimate of drug-likeness (QED) is 0.341. The Hall–Kier alpha value is -2.35. The van der Waals surface area contributed by atoms with E-state index >= 15 is 0 Å². The third-order valence-corrected chi connectivity index (χ3v) is 1.64. The average Bonchev–Trinajstić information content (AvgIpc) is 2.45. The number of hydrogen-bond acceptors (Lipinski definition) is 4. The standard InChI is InChI=1S/C8H5NO2.CH2N2/c10-7-5-3-1-2-4-6(5)8(11)9-7;2-1-3/h1-4H,(H,9,10,11);2H2. The minimum atomic E-state index is -0.300. The van der Waals surface area contributed by atoms with Crippen LogP contribution in [0, 0.1) is 11.5 Å². The van der Waals surface area contributed by atoms with Crippen molar-refractivity contribution in [1.82, 2.24) is 5.32 Å². The van der Waals surface area contributed by atoms with Gasteiger partial charge in [-0.15, -0.1) is 0 Å². The van der Waals surface area contributed by atoms with E-state index in [4.69, 9.17) is 5.26 Å². The van der Waals surface area contributed by atoms with Gasteiger partial charge in [-0.1, -0.05) is 12.1 Å². The zero-order chi connectivity index (χ0) is 10.6. The maximum atomic E-state index is 10.9. The van der Waals surface area contributed by atoms with Gasteiger partial charge < -0.3 is 5.73 Å². The van der Waals surface area contributed by atoms with E-state index in [0.717, 1.165) is 0 Å². The minimum absolute atomic E-state index is 0.300. The zero-order valence-electron chi connectivity index (χ0n) is 7.15. The molecule has 14 heavy (non-hydrogen) atoms. The molecule has 1 aliphatic rings. The molecule has 0 aromatic heterocycles. The van der Waals surface area contributed by atoms with Gasteiger partial charge in [0.2, 0.25) is 0 Å². The van der Waals surface area contributed by atoms with E-state index in [1.165, 1.54) is 6.19 Å². The topological polar surface area (TPSA) is 96.0 Å². The molecule has 2 amide bonds. The molecule has 70 valence electrons. The van der Waals surface area contributed by atoms with Gasteiger partial charge in [0.1, 0.15) is 0 Å². The number of fused-ring (bicyclic) bond motifs is 1. The first-order chi connectivity index (χ1) is 6.70. The van der Waals surface area contributed by atoms with Crippen LogP contribution in [0.4, 0.5) is 0 Å². The van der Waals surface area contributed by atoms with Crippen LogP contribution in [0.2, 0.25) is 0 Å². The van der Waals surface area contributed by atoms with Crippen molar-refractivity contribution in [2.75, 3.05) is 0 Å². The molecule has 5 heteroatoms. The summed E-state index contributed by atoms with van der Waals surface area (Å²) in [6.45, 7) is 0. The summed E-state index contributed by atoms with van der Waals surface area (Å²) in [6, 6.07) is 6.74. The summed E-state index contributed by atoms with van der Waals surface area (Å²) in [6.07, 6.45) is 1.25. The number of rotatable bonds is 0. The van der Waals surface area contributed by atoms with E-state index in [9.17, 15) is 9.59 Å². The molecule has 1 aliphatic heterocycles. The largest absolute Gasteiger partial charge is 0.337 e. The molecule has 0 bridgehead atoms. The van der Waals surface area contributed by atoms with Gasteiger partial charge in [-0.3, -0.25) is 14.9 Å². The number of nitrogens with zero attached hydrogens (tertiary/aromatic N) is 1. The van der Waals surface area contributed by atoms with Crippen molar-refractivity contribution in [3.05, 3.63) is 35.4 Å². The molecule has 0 aliphatic carbocycles. The molecule has 0 fully saturated rings. The van der Waals surface area contributed by atoms with Crippen molar-refractivity contribution >= 4 is 11.8 Å². The van der Waals surface area contributed by atoms with Crippen LogP contribution in [0.15, 0.2) is 24.3 Å². The van der Waals surface area contributed by atoms with Crippen LogP contribution in [0.3, 0.4) is 0 Å². The summed E-state index contributed by atoms with van der Waals surface area (Å²) in [7, 11) is 0. The summed E-state index contributed by atoms with van der Waals surface area (Å²) < 4.78 is 0. The Balaban J connectivity index is 0.000000293. The SMILES string of the molecule is N#CN.O=C1NC(=O)c2ccccc21. The molecule has 0 spiro atoms. The number of nitrogens with one attached hydrogen (secondary N) is 1.